The molecule has 0 bridgehead atoms. The number of hydrogen-bond donors (Lipinski definition) is 0. The fourth-order valence-corrected chi connectivity index (χ4v) is 3.85. The summed E-state index contributed by atoms with van der Waals surface area (Å²) in [5.41, 5.74) is 4.00. The van der Waals surface area contributed by atoms with Gasteiger partial charge in [0.2, 0.25) is 11.8 Å². The van der Waals surface area contributed by atoms with Crippen molar-refractivity contribution in [2.45, 2.75) is 51.6 Å². The molecule has 1 aromatic carbocycles. The SMILES string of the molecule is C=CC(C)c1c(F)cc(COc2ccnc(-c3c(OC)ncnc3C3CC3)n2)cc1CC. The summed E-state index contributed by atoms with van der Waals surface area (Å²) in [4.78, 5) is 17.6. The fourth-order valence-electron chi connectivity index (χ4n) is 3.85. The number of benzene rings is 1. The Morgan fingerprint density at radius 2 is 2.06 bits per heavy atom. The summed E-state index contributed by atoms with van der Waals surface area (Å²) < 4.78 is 26.1. The molecule has 1 aliphatic rings. The normalized spacial score (nSPS) is 14.1. The summed E-state index contributed by atoms with van der Waals surface area (Å²) >= 11 is 0. The molecule has 3 aromatic rings. The predicted molar refractivity (Wildman–Crippen MR) is 120 cm³/mol. The minimum atomic E-state index is -0.237. The molecular weight excluding hydrogens is 407 g/mol. The van der Waals surface area contributed by atoms with E-state index < -0.39 is 0 Å². The van der Waals surface area contributed by atoms with E-state index in [-0.39, 0.29) is 18.3 Å². The van der Waals surface area contributed by atoms with Crippen molar-refractivity contribution in [2.24, 2.45) is 0 Å². The Bertz CT molecular complexity index is 1130. The molecule has 0 N–H and O–H groups in total. The molecule has 2 heterocycles. The van der Waals surface area contributed by atoms with E-state index in [0.717, 1.165) is 36.1 Å². The second-order valence-electron chi connectivity index (χ2n) is 7.95. The maximum atomic E-state index is 14.8. The van der Waals surface area contributed by atoms with Crippen LogP contribution in [-0.2, 0) is 13.0 Å². The fraction of sp³-hybridized carbons (Fsp3) is 0.360. The highest BCUT2D eigenvalue weighted by Crippen LogP contribution is 2.44. The lowest BCUT2D eigenvalue weighted by Crippen LogP contribution is -2.06. The third-order valence-corrected chi connectivity index (χ3v) is 5.70. The Hall–Kier alpha value is -3.35. The van der Waals surface area contributed by atoms with Gasteiger partial charge in [-0.05, 0) is 42.0 Å². The van der Waals surface area contributed by atoms with Crippen molar-refractivity contribution in [3.05, 3.63) is 71.6 Å². The number of ether oxygens (including phenoxy) is 2. The molecule has 1 aliphatic carbocycles. The minimum absolute atomic E-state index is 0.0481. The van der Waals surface area contributed by atoms with Gasteiger partial charge in [0.05, 0.1) is 12.8 Å². The number of hydrogen-bond acceptors (Lipinski definition) is 6. The number of aromatic nitrogens is 4. The summed E-state index contributed by atoms with van der Waals surface area (Å²) in [6.07, 6.45) is 7.78. The molecular formula is C25H27FN4O2. The molecule has 0 aliphatic heterocycles. The molecule has 0 saturated heterocycles. The number of rotatable bonds is 9. The van der Waals surface area contributed by atoms with Crippen molar-refractivity contribution in [3.63, 3.8) is 0 Å². The van der Waals surface area contributed by atoms with Gasteiger partial charge in [0, 0.05) is 24.1 Å². The van der Waals surface area contributed by atoms with E-state index >= 15 is 0 Å². The van der Waals surface area contributed by atoms with Crippen LogP contribution in [0.5, 0.6) is 11.8 Å². The summed E-state index contributed by atoms with van der Waals surface area (Å²) in [6, 6.07) is 5.19. The number of methoxy groups -OCH3 is 1. The van der Waals surface area contributed by atoms with Crippen molar-refractivity contribution < 1.29 is 13.9 Å². The topological polar surface area (TPSA) is 70.0 Å². The molecule has 1 unspecified atom stereocenters. The summed E-state index contributed by atoms with van der Waals surface area (Å²) in [5, 5.41) is 0. The third kappa shape index (κ3) is 4.47. The highest BCUT2D eigenvalue weighted by atomic mass is 19.1. The molecule has 32 heavy (non-hydrogen) atoms. The number of halogens is 1. The third-order valence-electron chi connectivity index (χ3n) is 5.70. The average Bonchev–Trinajstić information content (AvgIpc) is 3.67. The van der Waals surface area contributed by atoms with Crippen molar-refractivity contribution >= 4 is 0 Å². The van der Waals surface area contributed by atoms with Crippen LogP contribution < -0.4 is 9.47 Å². The Morgan fingerprint density at radius 3 is 2.75 bits per heavy atom. The quantitative estimate of drug-likeness (QED) is 0.421. The lowest BCUT2D eigenvalue weighted by Gasteiger charge is -2.16. The molecule has 0 amide bonds. The summed E-state index contributed by atoms with van der Waals surface area (Å²) in [5.74, 6) is 1.39. The van der Waals surface area contributed by atoms with Gasteiger partial charge in [0.25, 0.3) is 0 Å². The minimum Gasteiger partial charge on any atom is -0.480 e. The molecule has 1 saturated carbocycles. The first-order chi connectivity index (χ1) is 15.5. The first-order valence-electron chi connectivity index (χ1n) is 10.8. The second kappa shape index (κ2) is 9.42. The van der Waals surface area contributed by atoms with Crippen molar-refractivity contribution in [3.8, 4) is 23.1 Å². The van der Waals surface area contributed by atoms with Gasteiger partial charge in [-0.15, -0.1) is 6.58 Å². The van der Waals surface area contributed by atoms with Gasteiger partial charge >= 0.3 is 0 Å². The molecule has 0 radical (unpaired) electrons. The van der Waals surface area contributed by atoms with E-state index in [2.05, 4.69) is 26.5 Å². The van der Waals surface area contributed by atoms with Crippen LogP contribution in [0.3, 0.4) is 0 Å². The molecule has 7 heteroatoms. The molecule has 0 spiro atoms. The average molecular weight is 435 g/mol. The van der Waals surface area contributed by atoms with Gasteiger partial charge in [-0.1, -0.05) is 26.0 Å². The van der Waals surface area contributed by atoms with Crippen LogP contribution in [0.2, 0.25) is 0 Å². The Labute approximate surface area is 187 Å². The van der Waals surface area contributed by atoms with Gasteiger partial charge in [-0.2, -0.15) is 4.98 Å². The van der Waals surface area contributed by atoms with Crippen LogP contribution in [-0.4, -0.2) is 27.0 Å². The van der Waals surface area contributed by atoms with E-state index in [9.17, 15) is 4.39 Å². The van der Waals surface area contributed by atoms with Crippen LogP contribution in [0.15, 0.2) is 43.4 Å². The first kappa shape index (κ1) is 21.9. The smallest absolute Gasteiger partial charge is 0.227 e. The largest absolute Gasteiger partial charge is 0.480 e. The Morgan fingerprint density at radius 1 is 1.25 bits per heavy atom. The zero-order valence-corrected chi connectivity index (χ0v) is 18.6. The van der Waals surface area contributed by atoms with Gasteiger partial charge in [0.1, 0.15) is 24.3 Å². The van der Waals surface area contributed by atoms with Crippen LogP contribution in [0.1, 0.15) is 60.9 Å². The van der Waals surface area contributed by atoms with E-state index in [1.807, 2.05) is 19.9 Å². The van der Waals surface area contributed by atoms with Gasteiger partial charge in [0.15, 0.2) is 5.82 Å². The van der Waals surface area contributed by atoms with Crippen molar-refractivity contribution in [1.82, 2.24) is 19.9 Å². The van der Waals surface area contributed by atoms with E-state index in [0.29, 0.717) is 34.6 Å². The monoisotopic (exact) mass is 434 g/mol. The van der Waals surface area contributed by atoms with E-state index in [1.54, 1.807) is 25.4 Å². The summed E-state index contributed by atoms with van der Waals surface area (Å²) in [6.45, 7) is 7.95. The highest BCUT2D eigenvalue weighted by molar-refractivity contribution is 5.66. The van der Waals surface area contributed by atoms with Crippen LogP contribution in [0.4, 0.5) is 4.39 Å². The maximum Gasteiger partial charge on any atom is 0.227 e. The molecule has 1 fully saturated rings. The second-order valence-corrected chi connectivity index (χ2v) is 7.95. The molecule has 1 atom stereocenters. The molecule has 166 valence electrons. The van der Waals surface area contributed by atoms with Crippen LogP contribution in [0.25, 0.3) is 11.4 Å². The van der Waals surface area contributed by atoms with Gasteiger partial charge < -0.3 is 9.47 Å². The summed E-state index contributed by atoms with van der Waals surface area (Å²) in [7, 11) is 1.57. The molecule has 2 aromatic heterocycles. The maximum absolute atomic E-state index is 14.8. The van der Waals surface area contributed by atoms with Crippen LogP contribution in [0, 0.1) is 5.82 Å². The lowest BCUT2D eigenvalue weighted by molar-refractivity contribution is 0.293. The number of allylic oxidation sites excluding steroid dienone is 1. The van der Waals surface area contributed by atoms with Crippen molar-refractivity contribution in [1.29, 1.82) is 0 Å². The Kier molecular flexibility index (Phi) is 6.44. The van der Waals surface area contributed by atoms with Gasteiger partial charge in [-0.25, -0.2) is 19.3 Å². The number of nitrogens with zero attached hydrogens (tertiary/aromatic N) is 4. The molecule has 6 nitrogen and oxygen atoms in total. The predicted octanol–water partition coefficient (Wildman–Crippen LogP) is 5.39. The first-order valence-corrected chi connectivity index (χ1v) is 10.8. The molecule has 4 rings (SSSR count). The Balaban J connectivity index is 1.59. The lowest BCUT2D eigenvalue weighted by atomic mass is 9.92. The zero-order valence-electron chi connectivity index (χ0n) is 18.6. The number of aryl methyl sites for hydroxylation is 1. The van der Waals surface area contributed by atoms with E-state index in [4.69, 9.17) is 9.47 Å². The van der Waals surface area contributed by atoms with Crippen LogP contribution >= 0.6 is 0 Å². The van der Waals surface area contributed by atoms with Gasteiger partial charge in [-0.3, -0.25) is 0 Å². The van der Waals surface area contributed by atoms with Crippen molar-refractivity contribution in [2.75, 3.05) is 7.11 Å². The zero-order chi connectivity index (χ0) is 22.7. The van der Waals surface area contributed by atoms with E-state index in [1.165, 1.54) is 12.4 Å². The highest BCUT2D eigenvalue weighted by Gasteiger charge is 2.31. The standard InChI is InChI=1S/C25H27FN4O2/c1-5-15(3)21-17(6-2)11-16(12-19(21)26)13-32-20-9-10-27-24(30-20)22-23(18-7-8-18)28-14-29-25(22)31-4/h5,9-12,14-15,18H,1,6-8,13H2,2-4H3.